The molecule has 3 amide bonds. The molecule has 82 valence electrons. The van der Waals surface area contributed by atoms with Gasteiger partial charge in [-0.15, -0.1) is 0 Å². The van der Waals surface area contributed by atoms with Gasteiger partial charge in [-0.3, -0.25) is 15.0 Å². The van der Waals surface area contributed by atoms with Gasteiger partial charge in [0.05, 0.1) is 6.04 Å². The summed E-state index contributed by atoms with van der Waals surface area (Å²) in [5, 5.41) is 2.03. The highest BCUT2D eigenvalue weighted by Crippen LogP contribution is 1.96. The molecule has 0 spiro atoms. The predicted octanol–water partition coefficient (Wildman–Crippen LogP) is -1.15. The molecule has 0 saturated carbocycles. The van der Waals surface area contributed by atoms with Crippen LogP contribution in [0.15, 0.2) is 0 Å². The minimum absolute atomic E-state index is 0.381. The SMILES string of the molecule is CC(C(=O)NC(N)=O)N(C)CCCN. The van der Waals surface area contributed by atoms with E-state index in [-0.39, 0.29) is 6.04 Å². The highest BCUT2D eigenvalue weighted by Gasteiger charge is 2.18. The zero-order chi connectivity index (χ0) is 11.1. The van der Waals surface area contributed by atoms with E-state index in [4.69, 9.17) is 11.5 Å². The third-order valence-corrected chi connectivity index (χ3v) is 2.00. The summed E-state index contributed by atoms with van der Waals surface area (Å²) in [5.41, 5.74) is 10.2. The standard InChI is InChI=1S/C8H18N4O2/c1-6(7(13)11-8(10)14)12(2)5-3-4-9/h6H,3-5,9H2,1-2H3,(H3,10,11,13,14). The van der Waals surface area contributed by atoms with Gasteiger partial charge in [0, 0.05) is 0 Å². The summed E-state index contributed by atoms with van der Waals surface area (Å²) in [6.07, 6.45) is 0.810. The molecular formula is C8H18N4O2. The van der Waals surface area contributed by atoms with Gasteiger partial charge in [0.1, 0.15) is 0 Å². The van der Waals surface area contributed by atoms with Crippen LogP contribution in [0.1, 0.15) is 13.3 Å². The van der Waals surface area contributed by atoms with Crippen molar-refractivity contribution in [3.8, 4) is 0 Å². The number of hydrogen-bond acceptors (Lipinski definition) is 4. The van der Waals surface area contributed by atoms with Crippen LogP contribution in [0.4, 0.5) is 4.79 Å². The summed E-state index contributed by atoms with van der Waals surface area (Å²) in [7, 11) is 1.79. The maximum absolute atomic E-state index is 11.3. The van der Waals surface area contributed by atoms with Gasteiger partial charge >= 0.3 is 6.03 Å². The molecule has 6 heteroatoms. The topological polar surface area (TPSA) is 101 Å². The first-order chi connectivity index (χ1) is 6.49. The smallest absolute Gasteiger partial charge is 0.318 e. The van der Waals surface area contributed by atoms with Crippen molar-refractivity contribution in [2.45, 2.75) is 19.4 Å². The highest BCUT2D eigenvalue weighted by molar-refractivity contribution is 5.96. The number of carbonyl (C=O) groups is 2. The number of likely N-dealkylation sites (N-methyl/N-ethyl adjacent to an activating group) is 1. The number of carbonyl (C=O) groups excluding carboxylic acids is 2. The number of nitrogens with two attached hydrogens (primary N) is 2. The van der Waals surface area contributed by atoms with Crippen LogP contribution in [0.25, 0.3) is 0 Å². The normalized spacial score (nSPS) is 12.6. The molecule has 1 atom stereocenters. The summed E-state index contributed by atoms with van der Waals surface area (Å²) in [5.74, 6) is -0.392. The molecule has 0 radical (unpaired) electrons. The lowest BCUT2D eigenvalue weighted by Crippen LogP contribution is -2.47. The van der Waals surface area contributed by atoms with Crippen molar-refractivity contribution in [2.24, 2.45) is 11.5 Å². The number of amides is 3. The monoisotopic (exact) mass is 202 g/mol. The first kappa shape index (κ1) is 12.9. The Morgan fingerprint density at radius 2 is 2.07 bits per heavy atom. The van der Waals surface area contributed by atoms with Crippen LogP contribution in [0.2, 0.25) is 0 Å². The average molecular weight is 202 g/mol. The van der Waals surface area contributed by atoms with E-state index in [0.29, 0.717) is 13.1 Å². The van der Waals surface area contributed by atoms with Crippen LogP contribution in [-0.4, -0.2) is 43.0 Å². The van der Waals surface area contributed by atoms with E-state index < -0.39 is 11.9 Å². The largest absolute Gasteiger partial charge is 0.351 e. The van der Waals surface area contributed by atoms with Gasteiger partial charge in [-0.1, -0.05) is 0 Å². The summed E-state index contributed by atoms with van der Waals surface area (Å²) in [6, 6.07) is -1.21. The number of nitrogens with zero attached hydrogens (tertiary/aromatic N) is 1. The molecule has 14 heavy (non-hydrogen) atoms. The summed E-state index contributed by atoms with van der Waals surface area (Å²) in [6.45, 7) is 2.99. The van der Waals surface area contributed by atoms with Crippen molar-refractivity contribution < 1.29 is 9.59 Å². The number of primary amides is 1. The van der Waals surface area contributed by atoms with Gasteiger partial charge in [-0.2, -0.15) is 0 Å². The maximum Gasteiger partial charge on any atom is 0.318 e. The highest BCUT2D eigenvalue weighted by atomic mass is 16.2. The Labute approximate surface area is 83.6 Å². The zero-order valence-corrected chi connectivity index (χ0v) is 8.62. The van der Waals surface area contributed by atoms with Crippen molar-refractivity contribution in [2.75, 3.05) is 20.1 Å². The third-order valence-electron chi connectivity index (χ3n) is 2.00. The van der Waals surface area contributed by atoms with Gasteiger partial charge in [0.2, 0.25) is 5.91 Å². The quantitative estimate of drug-likeness (QED) is 0.524. The van der Waals surface area contributed by atoms with Crippen LogP contribution in [0.5, 0.6) is 0 Å². The van der Waals surface area contributed by atoms with Crippen LogP contribution in [-0.2, 0) is 4.79 Å². The Hall–Kier alpha value is -1.14. The number of nitrogens with one attached hydrogen (secondary N) is 1. The lowest BCUT2D eigenvalue weighted by atomic mass is 10.2. The lowest BCUT2D eigenvalue weighted by molar-refractivity contribution is -0.124. The molecule has 1 unspecified atom stereocenters. The fourth-order valence-corrected chi connectivity index (χ4v) is 0.960. The van der Waals surface area contributed by atoms with Gasteiger partial charge in [0.15, 0.2) is 0 Å². The minimum Gasteiger partial charge on any atom is -0.351 e. The minimum atomic E-state index is -0.825. The fourth-order valence-electron chi connectivity index (χ4n) is 0.960. The average Bonchev–Trinajstić information content (AvgIpc) is 2.11. The lowest BCUT2D eigenvalue weighted by Gasteiger charge is -2.22. The molecule has 6 nitrogen and oxygen atoms in total. The van der Waals surface area contributed by atoms with E-state index in [0.717, 1.165) is 6.42 Å². The molecule has 0 rings (SSSR count). The Bertz CT molecular complexity index is 208. The molecule has 0 heterocycles. The van der Waals surface area contributed by atoms with Crippen molar-refractivity contribution >= 4 is 11.9 Å². The van der Waals surface area contributed by atoms with E-state index in [2.05, 4.69) is 0 Å². The molecule has 0 aromatic rings. The first-order valence-electron chi connectivity index (χ1n) is 4.49. The second kappa shape index (κ2) is 6.33. The number of urea groups is 1. The second-order valence-corrected chi connectivity index (χ2v) is 3.15. The van der Waals surface area contributed by atoms with E-state index in [1.165, 1.54) is 0 Å². The van der Waals surface area contributed by atoms with Crippen molar-refractivity contribution in [1.82, 2.24) is 10.2 Å². The van der Waals surface area contributed by atoms with Crippen molar-refractivity contribution in [3.05, 3.63) is 0 Å². The van der Waals surface area contributed by atoms with E-state index in [9.17, 15) is 9.59 Å². The van der Waals surface area contributed by atoms with E-state index >= 15 is 0 Å². The first-order valence-corrected chi connectivity index (χ1v) is 4.49. The molecule has 0 aliphatic carbocycles. The van der Waals surface area contributed by atoms with E-state index in [1.54, 1.807) is 14.0 Å². The molecular weight excluding hydrogens is 184 g/mol. The van der Waals surface area contributed by atoms with Crippen LogP contribution >= 0.6 is 0 Å². The van der Waals surface area contributed by atoms with Crippen LogP contribution in [0, 0.1) is 0 Å². The number of rotatable bonds is 5. The van der Waals surface area contributed by atoms with Gasteiger partial charge in [0.25, 0.3) is 0 Å². The van der Waals surface area contributed by atoms with Gasteiger partial charge in [-0.25, -0.2) is 4.79 Å². The van der Waals surface area contributed by atoms with Crippen LogP contribution < -0.4 is 16.8 Å². The summed E-state index contributed by atoms with van der Waals surface area (Å²) in [4.78, 5) is 23.5. The summed E-state index contributed by atoms with van der Waals surface area (Å²) < 4.78 is 0. The molecule has 0 fully saturated rings. The molecule has 0 saturated heterocycles. The Kier molecular flexibility index (Phi) is 5.82. The fraction of sp³-hybridized carbons (Fsp3) is 0.750. The number of imide groups is 1. The Morgan fingerprint density at radius 1 is 1.50 bits per heavy atom. The van der Waals surface area contributed by atoms with Crippen molar-refractivity contribution in [3.63, 3.8) is 0 Å². The van der Waals surface area contributed by atoms with E-state index in [1.807, 2.05) is 10.2 Å². The Morgan fingerprint density at radius 3 is 2.50 bits per heavy atom. The zero-order valence-electron chi connectivity index (χ0n) is 8.62. The molecule has 5 N–H and O–H groups in total. The third kappa shape index (κ3) is 4.78. The molecule has 0 bridgehead atoms. The molecule has 0 aliphatic heterocycles. The maximum atomic E-state index is 11.3. The Balaban J connectivity index is 3.96. The van der Waals surface area contributed by atoms with Crippen LogP contribution in [0.3, 0.4) is 0 Å². The van der Waals surface area contributed by atoms with Gasteiger partial charge in [-0.05, 0) is 33.5 Å². The van der Waals surface area contributed by atoms with Crippen molar-refractivity contribution in [1.29, 1.82) is 0 Å². The molecule has 0 aliphatic rings. The number of hydrogen-bond donors (Lipinski definition) is 3. The summed E-state index contributed by atoms with van der Waals surface area (Å²) >= 11 is 0. The molecule has 0 aromatic carbocycles. The predicted molar refractivity (Wildman–Crippen MR) is 53.5 cm³/mol. The molecule has 0 aromatic heterocycles. The van der Waals surface area contributed by atoms with Gasteiger partial charge < -0.3 is 11.5 Å². The second-order valence-electron chi connectivity index (χ2n) is 3.15.